The predicted octanol–water partition coefficient (Wildman–Crippen LogP) is 3.39. The van der Waals surface area contributed by atoms with E-state index in [1.807, 2.05) is 6.92 Å². The number of carbonyl (C=O) groups is 1. The molecule has 1 N–H and O–H groups in total. The number of para-hydroxylation sites is 1. The van der Waals surface area contributed by atoms with Crippen LogP contribution in [0.3, 0.4) is 0 Å². The molecule has 0 amide bonds. The Morgan fingerprint density at radius 2 is 2.00 bits per heavy atom. The molecule has 0 radical (unpaired) electrons. The highest BCUT2D eigenvalue weighted by atomic mass is 19.4. The summed E-state index contributed by atoms with van der Waals surface area (Å²) < 4.78 is 40.7. The van der Waals surface area contributed by atoms with Crippen LogP contribution >= 0.6 is 0 Å². The second-order valence-corrected chi connectivity index (χ2v) is 4.62. The van der Waals surface area contributed by atoms with Crippen LogP contribution in [0, 0.1) is 0 Å². The molecule has 0 atom stereocenters. The maximum absolute atomic E-state index is 13.2. The Morgan fingerprint density at radius 3 is 2.50 bits per heavy atom. The number of benzene rings is 1. The van der Waals surface area contributed by atoms with Gasteiger partial charge >= 0.3 is 12.1 Å². The second kappa shape index (κ2) is 4.85. The zero-order chi connectivity index (χ0) is 15.1. The van der Waals surface area contributed by atoms with Crippen LogP contribution in [0.4, 0.5) is 13.2 Å². The summed E-state index contributed by atoms with van der Waals surface area (Å²) in [6.07, 6.45) is -4.64. The minimum Gasteiger partial charge on any atom is -0.481 e. The number of hydrogen-bond acceptors (Lipinski definition) is 1. The van der Waals surface area contributed by atoms with Crippen molar-refractivity contribution in [3.63, 3.8) is 0 Å². The number of nitrogens with zero attached hydrogens (tertiary/aromatic N) is 1. The van der Waals surface area contributed by atoms with Crippen LogP contribution < -0.4 is 0 Å². The van der Waals surface area contributed by atoms with Gasteiger partial charge in [0.2, 0.25) is 0 Å². The fourth-order valence-electron chi connectivity index (χ4n) is 2.65. The van der Waals surface area contributed by atoms with E-state index >= 15 is 0 Å². The Kier molecular flexibility index (Phi) is 3.50. The van der Waals surface area contributed by atoms with Crippen molar-refractivity contribution in [2.45, 2.75) is 25.9 Å². The highest BCUT2D eigenvalue weighted by molar-refractivity contribution is 5.91. The maximum atomic E-state index is 13.2. The third-order valence-corrected chi connectivity index (χ3v) is 3.38. The quantitative estimate of drug-likeness (QED) is 0.939. The number of carboxylic acids is 1. The lowest BCUT2D eigenvalue weighted by atomic mass is 10.0. The number of hydrogen-bond donors (Lipinski definition) is 1. The Bertz CT molecular complexity index is 671. The van der Waals surface area contributed by atoms with Crippen LogP contribution in [0.2, 0.25) is 0 Å². The van der Waals surface area contributed by atoms with Crippen molar-refractivity contribution in [3.8, 4) is 0 Å². The van der Waals surface area contributed by atoms with Gasteiger partial charge in [-0.15, -0.1) is 0 Å². The van der Waals surface area contributed by atoms with Crippen molar-refractivity contribution in [2.75, 3.05) is 0 Å². The molecular weight excluding hydrogens is 271 g/mol. The van der Waals surface area contributed by atoms with Gasteiger partial charge in [-0.25, -0.2) is 0 Å². The first-order valence-corrected chi connectivity index (χ1v) is 6.15. The van der Waals surface area contributed by atoms with Gasteiger partial charge in [0.05, 0.1) is 11.9 Å². The van der Waals surface area contributed by atoms with E-state index in [2.05, 4.69) is 0 Å². The molecule has 1 aromatic heterocycles. The molecule has 0 aliphatic carbocycles. The number of aromatic nitrogens is 1. The lowest BCUT2D eigenvalue weighted by molar-refractivity contribution is -0.144. The minimum atomic E-state index is -4.58. The molecule has 20 heavy (non-hydrogen) atoms. The van der Waals surface area contributed by atoms with Gasteiger partial charge in [-0.3, -0.25) is 4.79 Å². The number of aliphatic carboxylic acids is 1. The Labute approximate surface area is 113 Å². The molecule has 0 aliphatic rings. The van der Waals surface area contributed by atoms with Crippen molar-refractivity contribution in [3.05, 3.63) is 35.0 Å². The molecule has 2 aromatic rings. The topological polar surface area (TPSA) is 42.2 Å². The average Bonchev–Trinajstić information content (AvgIpc) is 2.61. The summed E-state index contributed by atoms with van der Waals surface area (Å²) in [4.78, 5) is 10.9. The largest absolute Gasteiger partial charge is 0.481 e. The van der Waals surface area contributed by atoms with Crippen molar-refractivity contribution >= 4 is 16.9 Å². The number of halogens is 3. The van der Waals surface area contributed by atoms with E-state index in [-0.39, 0.29) is 5.56 Å². The SMILES string of the molecule is CCc1cccc2c(CC(=O)O)c(C(F)(F)F)n(C)c12. The fourth-order valence-corrected chi connectivity index (χ4v) is 2.65. The summed E-state index contributed by atoms with van der Waals surface area (Å²) in [5, 5.41) is 9.24. The molecule has 0 saturated carbocycles. The molecule has 0 aliphatic heterocycles. The standard InChI is InChI=1S/C14H14F3NO2/c1-3-8-5-4-6-9-10(7-11(19)20)13(14(15,16)17)18(2)12(8)9/h4-6H,3,7H2,1-2H3,(H,19,20). The van der Waals surface area contributed by atoms with E-state index in [1.54, 1.807) is 18.2 Å². The molecule has 6 heteroatoms. The fraction of sp³-hybridized carbons (Fsp3) is 0.357. The number of alkyl halides is 3. The van der Waals surface area contributed by atoms with Crippen LogP contribution in [0.5, 0.6) is 0 Å². The average molecular weight is 285 g/mol. The molecule has 0 spiro atoms. The highest BCUT2D eigenvalue weighted by Gasteiger charge is 2.39. The van der Waals surface area contributed by atoms with Crippen LogP contribution in [0.15, 0.2) is 18.2 Å². The van der Waals surface area contributed by atoms with Crippen molar-refractivity contribution < 1.29 is 23.1 Å². The molecule has 0 bridgehead atoms. The summed E-state index contributed by atoms with van der Waals surface area (Å²) in [6, 6.07) is 4.96. The third kappa shape index (κ3) is 2.26. The third-order valence-electron chi connectivity index (χ3n) is 3.38. The van der Waals surface area contributed by atoms with Gasteiger partial charge in [0.25, 0.3) is 0 Å². The summed E-state index contributed by atoms with van der Waals surface area (Å²) >= 11 is 0. The number of fused-ring (bicyclic) bond motifs is 1. The molecule has 0 saturated heterocycles. The Balaban J connectivity index is 2.89. The van der Waals surface area contributed by atoms with Gasteiger partial charge < -0.3 is 9.67 Å². The van der Waals surface area contributed by atoms with E-state index < -0.39 is 24.3 Å². The molecule has 0 unspecified atom stereocenters. The number of carboxylic acid groups (broad SMARTS) is 1. The monoisotopic (exact) mass is 285 g/mol. The lowest BCUT2D eigenvalue weighted by Crippen LogP contribution is -2.15. The first-order chi connectivity index (χ1) is 9.27. The molecule has 1 aromatic carbocycles. The molecule has 1 heterocycles. The van der Waals surface area contributed by atoms with Crippen molar-refractivity contribution in [2.24, 2.45) is 7.05 Å². The van der Waals surface area contributed by atoms with E-state index in [4.69, 9.17) is 5.11 Å². The van der Waals surface area contributed by atoms with Gasteiger partial charge in [0.15, 0.2) is 0 Å². The highest BCUT2D eigenvalue weighted by Crippen LogP contribution is 2.38. The van der Waals surface area contributed by atoms with Crippen LogP contribution in [0.1, 0.15) is 23.7 Å². The lowest BCUT2D eigenvalue weighted by Gasteiger charge is -2.11. The smallest absolute Gasteiger partial charge is 0.431 e. The van der Waals surface area contributed by atoms with Gasteiger partial charge in [-0.2, -0.15) is 13.2 Å². The maximum Gasteiger partial charge on any atom is 0.431 e. The Morgan fingerprint density at radius 1 is 1.35 bits per heavy atom. The van der Waals surface area contributed by atoms with Gasteiger partial charge in [-0.05, 0) is 12.0 Å². The zero-order valence-corrected chi connectivity index (χ0v) is 11.1. The van der Waals surface area contributed by atoms with Crippen LogP contribution in [-0.4, -0.2) is 15.6 Å². The van der Waals surface area contributed by atoms with E-state index in [9.17, 15) is 18.0 Å². The molecule has 108 valence electrons. The second-order valence-electron chi connectivity index (χ2n) is 4.62. The van der Waals surface area contributed by atoms with Gasteiger partial charge in [0.1, 0.15) is 5.69 Å². The van der Waals surface area contributed by atoms with E-state index in [1.165, 1.54) is 7.05 Å². The molecule has 2 rings (SSSR count). The molecular formula is C14H14F3NO2. The van der Waals surface area contributed by atoms with Crippen molar-refractivity contribution in [1.29, 1.82) is 0 Å². The molecule has 0 fully saturated rings. The number of rotatable bonds is 3. The first kappa shape index (κ1) is 14.4. The predicted molar refractivity (Wildman–Crippen MR) is 68.6 cm³/mol. The summed E-state index contributed by atoms with van der Waals surface area (Å²) in [5.41, 5.74) is 0.180. The summed E-state index contributed by atoms with van der Waals surface area (Å²) in [7, 11) is 1.33. The van der Waals surface area contributed by atoms with E-state index in [0.717, 1.165) is 10.1 Å². The van der Waals surface area contributed by atoms with Gasteiger partial charge in [-0.1, -0.05) is 25.1 Å². The van der Waals surface area contributed by atoms with E-state index in [0.29, 0.717) is 17.3 Å². The van der Waals surface area contributed by atoms with Crippen LogP contribution in [-0.2, 0) is 30.9 Å². The molecule has 3 nitrogen and oxygen atoms in total. The van der Waals surface area contributed by atoms with Crippen molar-refractivity contribution in [1.82, 2.24) is 4.57 Å². The summed E-state index contributed by atoms with van der Waals surface area (Å²) in [6.45, 7) is 1.85. The van der Waals surface area contributed by atoms with Crippen LogP contribution in [0.25, 0.3) is 10.9 Å². The van der Waals surface area contributed by atoms with Gasteiger partial charge in [0, 0.05) is 18.0 Å². The first-order valence-electron chi connectivity index (χ1n) is 6.15. The normalized spacial score (nSPS) is 12.1. The Hall–Kier alpha value is -1.98. The number of aryl methyl sites for hydroxylation is 2. The minimum absolute atomic E-state index is 0.169. The summed E-state index contributed by atoms with van der Waals surface area (Å²) in [5.74, 6) is -1.27. The zero-order valence-electron chi connectivity index (χ0n) is 11.1.